The minimum atomic E-state index is -1.20. The molecule has 0 spiro atoms. The summed E-state index contributed by atoms with van der Waals surface area (Å²) in [7, 11) is 1.56. The summed E-state index contributed by atoms with van der Waals surface area (Å²) in [6.07, 6.45) is -0.495. The predicted octanol–water partition coefficient (Wildman–Crippen LogP) is 4.39. The number of benzodiazepines with no additional fused rings is 1. The minimum absolute atomic E-state index is 0.293. The van der Waals surface area contributed by atoms with E-state index in [9.17, 15) is 19.5 Å². The van der Waals surface area contributed by atoms with Crippen molar-refractivity contribution in [1.82, 2.24) is 0 Å². The van der Waals surface area contributed by atoms with E-state index in [0.29, 0.717) is 28.4 Å². The second-order valence-corrected chi connectivity index (χ2v) is 9.09. The lowest BCUT2D eigenvalue weighted by Gasteiger charge is -2.34. The van der Waals surface area contributed by atoms with Crippen LogP contribution in [0.1, 0.15) is 31.4 Å². The van der Waals surface area contributed by atoms with Gasteiger partial charge in [0.15, 0.2) is 0 Å². The molecule has 0 aromatic heterocycles. The van der Waals surface area contributed by atoms with Gasteiger partial charge < -0.3 is 15.2 Å². The van der Waals surface area contributed by atoms with Crippen LogP contribution in [0, 0.1) is 5.92 Å². The number of hydrogen-bond acceptors (Lipinski definition) is 5. The maximum atomic E-state index is 14.0. The first-order valence-electron chi connectivity index (χ1n) is 12.0. The number of carbonyl (C=O) groups excluding carboxylic acids is 2. The van der Waals surface area contributed by atoms with Gasteiger partial charge in [-0.25, -0.2) is 0 Å². The number of carboxylic acid groups (broad SMARTS) is 1. The van der Waals surface area contributed by atoms with Crippen LogP contribution in [0.2, 0.25) is 0 Å². The van der Waals surface area contributed by atoms with E-state index in [0.717, 1.165) is 5.56 Å². The number of carbonyl (C=O) groups is 3. The summed E-state index contributed by atoms with van der Waals surface area (Å²) in [5.41, 5.74) is 2.97. The lowest BCUT2D eigenvalue weighted by atomic mass is 9.96. The summed E-state index contributed by atoms with van der Waals surface area (Å²) in [6.45, 7) is 3.70. The molecule has 1 heterocycles. The standard InChI is InChI=1S/C29H29N3O5/c1-18(2)27(28(35)30-20-13-15-21(37-3)16-14-20)32-24-12-8-7-11-22(24)26(19-9-5-4-6-10-19)31-23(29(32)36)17-25(33)34/h4-16,18,23,27H,17H2,1-3H3,(H,30,35)(H,33,34). The molecule has 0 fully saturated rings. The number of para-hydroxylation sites is 1. The summed E-state index contributed by atoms with van der Waals surface area (Å²) >= 11 is 0. The highest BCUT2D eigenvalue weighted by Gasteiger charge is 2.41. The summed E-state index contributed by atoms with van der Waals surface area (Å²) < 4.78 is 5.19. The Hall–Kier alpha value is -4.46. The zero-order valence-corrected chi connectivity index (χ0v) is 20.9. The van der Waals surface area contributed by atoms with Gasteiger partial charge in [-0.1, -0.05) is 62.4 Å². The van der Waals surface area contributed by atoms with E-state index >= 15 is 0 Å². The SMILES string of the molecule is COc1ccc(NC(=O)C(C(C)C)N2C(=O)C(CC(=O)O)N=C(c3ccccc3)c3ccccc32)cc1. The smallest absolute Gasteiger partial charge is 0.306 e. The lowest BCUT2D eigenvalue weighted by molar-refractivity contribution is -0.139. The molecule has 2 unspecified atom stereocenters. The molecule has 2 N–H and O–H groups in total. The topological polar surface area (TPSA) is 108 Å². The molecule has 190 valence electrons. The fourth-order valence-corrected chi connectivity index (χ4v) is 4.46. The summed E-state index contributed by atoms with van der Waals surface area (Å²) in [5, 5.41) is 12.5. The molecule has 8 heteroatoms. The molecular formula is C29H29N3O5. The number of amides is 2. The molecule has 3 aromatic carbocycles. The van der Waals surface area contributed by atoms with Gasteiger partial charge in [0.05, 0.1) is 24.9 Å². The first kappa shape index (κ1) is 25.6. The van der Waals surface area contributed by atoms with Crippen molar-refractivity contribution in [3.8, 4) is 5.75 Å². The average Bonchev–Trinajstić information content (AvgIpc) is 3.00. The molecule has 0 bridgehead atoms. The van der Waals surface area contributed by atoms with E-state index in [2.05, 4.69) is 10.3 Å². The second kappa shape index (κ2) is 11.1. The molecule has 1 aliphatic rings. The molecule has 0 saturated heterocycles. The van der Waals surface area contributed by atoms with Gasteiger partial charge in [0, 0.05) is 16.8 Å². The summed E-state index contributed by atoms with van der Waals surface area (Å²) in [6, 6.07) is 21.3. The monoisotopic (exact) mass is 499 g/mol. The Balaban J connectivity index is 1.82. The van der Waals surface area contributed by atoms with Crippen molar-refractivity contribution in [2.75, 3.05) is 17.3 Å². The van der Waals surface area contributed by atoms with E-state index in [-0.39, 0.29) is 11.8 Å². The van der Waals surface area contributed by atoms with E-state index in [1.165, 1.54) is 4.90 Å². The normalized spacial score (nSPS) is 15.9. The lowest BCUT2D eigenvalue weighted by Crippen LogP contribution is -2.53. The number of ether oxygens (including phenoxy) is 1. The van der Waals surface area contributed by atoms with E-state index in [1.54, 1.807) is 43.5 Å². The van der Waals surface area contributed by atoms with Crippen molar-refractivity contribution < 1.29 is 24.2 Å². The largest absolute Gasteiger partial charge is 0.497 e. The van der Waals surface area contributed by atoms with Crippen LogP contribution in [0.15, 0.2) is 83.9 Å². The highest BCUT2D eigenvalue weighted by molar-refractivity contribution is 6.21. The van der Waals surface area contributed by atoms with Gasteiger partial charge in [-0.05, 0) is 36.2 Å². The maximum absolute atomic E-state index is 14.0. The summed E-state index contributed by atoms with van der Waals surface area (Å²) in [5.74, 6) is -1.72. The van der Waals surface area contributed by atoms with Crippen molar-refractivity contribution in [2.45, 2.75) is 32.4 Å². The number of carboxylic acids is 1. The van der Waals surface area contributed by atoms with Gasteiger partial charge in [-0.2, -0.15) is 0 Å². The Morgan fingerprint density at radius 1 is 1.00 bits per heavy atom. The number of aliphatic carboxylic acids is 1. The van der Waals surface area contributed by atoms with Crippen molar-refractivity contribution in [3.63, 3.8) is 0 Å². The van der Waals surface area contributed by atoms with Crippen LogP contribution in [0.5, 0.6) is 5.75 Å². The number of nitrogens with zero attached hydrogens (tertiary/aromatic N) is 2. The molecule has 1 aliphatic heterocycles. The molecule has 37 heavy (non-hydrogen) atoms. The first-order chi connectivity index (χ1) is 17.8. The van der Waals surface area contributed by atoms with Gasteiger partial charge in [0.2, 0.25) is 5.91 Å². The minimum Gasteiger partial charge on any atom is -0.497 e. The maximum Gasteiger partial charge on any atom is 0.306 e. The molecule has 3 aromatic rings. The van der Waals surface area contributed by atoms with Gasteiger partial charge >= 0.3 is 5.97 Å². The molecule has 0 aliphatic carbocycles. The number of nitrogens with one attached hydrogen (secondary N) is 1. The van der Waals surface area contributed by atoms with Crippen LogP contribution in [0.4, 0.5) is 11.4 Å². The van der Waals surface area contributed by atoms with Crippen molar-refractivity contribution in [3.05, 3.63) is 90.0 Å². The van der Waals surface area contributed by atoms with E-state index < -0.39 is 30.4 Å². The number of aliphatic imine (C=N–C) groups is 1. The second-order valence-electron chi connectivity index (χ2n) is 9.09. The number of hydrogen-bond donors (Lipinski definition) is 2. The van der Waals surface area contributed by atoms with Gasteiger partial charge in [-0.15, -0.1) is 0 Å². The molecule has 2 atom stereocenters. The van der Waals surface area contributed by atoms with Crippen LogP contribution in [-0.2, 0) is 14.4 Å². The van der Waals surface area contributed by atoms with Crippen molar-refractivity contribution in [2.24, 2.45) is 10.9 Å². The number of methoxy groups -OCH3 is 1. The number of anilines is 2. The zero-order valence-electron chi connectivity index (χ0n) is 20.9. The number of rotatable bonds is 8. The van der Waals surface area contributed by atoms with Gasteiger partial charge in [0.1, 0.15) is 17.8 Å². The Bertz CT molecular complexity index is 1320. The number of benzene rings is 3. The third-order valence-electron chi connectivity index (χ3n) is 6.18. The zero-order chi connectivity index (χ0) is 26.5. The molecule has 0 saturated carbocycles. The molecular weight excluding hydrogens is 470 g/mol. The van der Waals surface area contributed by atoms with E-state index in [1.807, 2.05) is 56.3 Å². The van der Waals surface area contributed by atoms with E-state index in [4.69, 9.17) is 4.74 Å². The molecule has 0 radical (unpaired) electrons. The quantitative estimate of drug-likeness (QED) is 0.478. The first-order valence-corrected chi connectivity index (χ1v) is 12.0. The highest BCUT2D eigenvalue weighted by atomic mass is 16.5. The van der Waals surface area contributed by atoms with Crippen LogP contribution in [0.3, 0.4) is 0 Å². The predicted molar refractivity (Wildman–Crippen MR) is 142 cm³/mol. The Labute approximate surface area is 215 Å². The van der Waals surface area contributed by atoms with Crippen LogP contribution in [0.25, 0.3) is 0 Å². The van der Waals surface area contributed by atoms with Crippen LogP contribution in [-0.4, -0.2) is 47.8 Å². The Morgan fingerprint density at radius 2 is 1.65 bits per heavy atom. The van der Waals surface area contributed by atoms with Gasteiger partial charge in [-0.3, -0.25) is 24.3 Å². The third kappa shape index (κ3) is 5.53. The molecule has 4 rings (SSSR count). The molecule has 8 nitrogen and oxygen atoms in total. The fourth-order valence-electron chi connectivity index (χ4n) is 4.46. The van der Waals surface area contributed by atoms with Crippen LogP contribution < -0.4 is 15.0 Å². The van der Waals surface area contributed by atoms with Crippen molar-refractivity contribution in [1.29, 1.82) is 0 Å². The fraction of sp³-hybridized carbons (Fsp3) is 0.241. The van der Waals surface area contributed by atoms with Gasteiger partial charge in [0.25, 0.3) is 5.91 Å². The highest BCUT2D eigenvalue weighted by Crippen LogP contribution is 2.33. The number of fused-ring (bicyclic) bond motifs is 1. The summed E-state index contributed by atoms with van der Waals surface area (Å²) in [4.78, 5) is 45.5. The molecule has 2 amide bonds. The van der Waals surface area contributed by atoms with Crippen molar-refractivity contribution >= 4 is 34.9 Å². The van der Waals surface area contributed by atoms with Crippen LogP contribution >= 0.6 is 0 Å². The average molecular weight is 500 g/mol. The third-order valence-corrected chi connectivity index (χ3v) is 6.18. The Morgan fingerprint density at radius 3 is 2.27 bits per heavy atom. The Kier molecular flexibility index (Phi) is 7.67.